The minimum atomic E-state index is -3.50. The van der Waals surface area contributed by atoms with Gasteiger partial charge < -0.3 is 10.6 Å². The number of halogens is 1. The van der Waals surface area contributed by atoms with Crippen molar-refractivity contribution in [1.82, 2.24) is 9.62 Å². The fourth-order valence-electron chi connectivity index (χ4n) is 3.03. The highest BCUT2D eigenvalue weighted by Gasteiger charge is 2.22. The normalized spacial score (nSPS) is 17.0. The summed E-state index contributed by atoms with van der Waals surface area (Å²) in [5.74, 6) is 0.818. The highest BCUT2D eigenvalue weighted by atomic mass is 35.5. The molecular formula is C17H28ClN3O3S. The molecule has 2 rings (SSSR count). The van der Waals surface area contributed by atoms with E-state index in [1.165, 1.54) is 26.2 Å². The SMILES string of the molecule is CC(CC(=O)Nc1cccc(S(=O)(=O)N(C)C)c1)C1CCNCC1.Cl. The lowest BCUT2D eigenvalue weighted by molar-refractivity contribution is -0.117. The van der Waals surface area contributed by atoms with Crippen molar-refractivity contribution in [3.05, 3.63) is 24.3 Å². The minimum absolute atomic E-state index is 0. The quantitative estimate of drug-likeness (QED) is 0.782. The van der Waals surface area contributed by atoms with Crippen molar-refractivity contribution in [2.24, 2.45) is 11.8 Å². The second-order valence-electron chi connectivity index (χ2n) is 6.63. The number of hydrogen-bond acceptors (Lipinski definition) is 4. The smallest absolute Gasteiger partial charge is 0.242 e. The molecule has 8 heteroatoms. The molecular weight excluding hydrogens is 362 g/mol. The number of piperidine rings is 1. The Labute approximate surface area is 156 Å². The highest BCUT2D eigenvalue weighted by Crippen LogP contribution is 2.25. The Morgan fingerprint density at radius 2 is 1.96 bits per heavy atom. The van der Waals surface area contributed by atoms with Gasteiger partial charge in [0.2, 0.25) is 15.9 Å². The molecule has 1 aromatic carbocycles. The van der Waals surface area contributed by atoms with Crippen molar-refractivity contribution >= 4 is 34.0 Å². The van der Waals surface area contributed by atoms with Gasteiger partial charge in [0.05, 0.1) is 4.90 Å². The molecule has 1 fully saturated rings. The van der Waals surface area contributed by atoms with Gasteiger partial charge in [0.1, 0.15) is 0 Å². The van der Waals surface area contributed by atoms with E-state index in [1.807, 2.05) is 0 Å². The van der Waals surface area contributed by atoms with Gasteiger partial charge in [0.25, 0.3) is 0 Å². The maximum atomic E-state index is 12.3. The Balaban J connectivity index is 0.00000312. The van der Waals surface area contributed by atoms with Crippen molar-refractivity contribution in [3.8, 4) is 0 Å². The number of hydrogen-bond donors (Lipinski definition) is 2. The summed E-state index contributed by atoms with van der Waals surface area (Å²) in [5.41, 5.74) is 0.514. The number of carbonyl (C=O) groups is 1. The number of amides is 1. The molecule has 1 saturated heterocycles. The number of nitrogens with one attached hydrogen (secondary N) is 2. The van der Waals surface area contributed by atoms with Gasteiger partial charge in [0, 0.05) is 26.2 Å². The Morgan fingerprint density at radius 3 is 2.56 bits per heavy atom. The molecule has 0 saturated carbocycles. The van der Waals surface area contributed by atoms with Gasteiger partial charge in [-0.05, 0) is 56.0 Å². The summed E-state index contributed by atoms with van der Waals surface area (Å²) < 4.78 is 25.5. The van der Waals surface area contributed by atoms with Crippen LogP contribution in [0, 0.1) is 11.8 Å². The third kappa shape index (κ3) is 5.95. The molecule has 0 aliphatic carbocycles. The second kappa shape index (κ2) is 9.52. The molecule has 1 atom stereocenters. The van der Waals surface area contributed by atoms with Crippen LogP contribution in [0.1, 0.15) is 26.2 Å². The number of sulfonamides is 1. The molecule has 6 nitrogen and oxygen atoms in total. The van der Waals surface area contributed by atoms with Crippen LogP contribution >= 0.6 is 12.4 Å². The molecule has 0 spiro atoms. The average Bonchev–Trinajstić information content (AvgIpc) is 2.55. The second-order valence-corrected chi connectivity index (χ2v) is 8.78. The Hall–Kier alpha value is -1.15. The van der Waals surface area contributed by atoms with Crippen LogP contribution in [-0.2, 0) is 14.8 Å². The summed E-state index contributed by atoms with van der Waals surface area (Å²) in [6.07, 6.45) is 2.66. The van der Waals surface area contributed by atoms with Gasteiger partial charge in [-0.3, -0.25) is 4.79 Å². The topological polar surface area (TPSA) is 78.5 Å². The first kappa shape index (κ1) is 21.9. The molecule has 142 valence electrons. The van der Waals surface area contributed by atoms with E-state index in [0.717, 1.165) is 30.2 Å². The molecule has 1 aliphatic rings. The minimum Gasteiger partial charge on any atom is -0.326 e. The van der Waals surface area contributed by atoms with Crippen LogP contribution < -0.4 is 10.6 Å². The van der Waals surface area contributed by atoms with Crippen LogP contribution in [-0.4, -0.2) is 45.8 Å². The van der Waals surface area contributed by atoms with Crippen LogP contribution in [0.4, 0.5) is 5.69 Å². The summed E-state index contributed by atoms with van der Waals surface area (Å²) in [4.78, 5) is 12.5. The Morgan fingerprint density at radius 1 is 1.32 bits per heavy atom. The summed E-state index contributed by atoms with van der Waals surface area (Å²) in [5, 5.41) is 6.16. The van der Waals surface area contributed by atoms with Gasteiger partial charge in [-0.1, -0.05) is 13.0 Å². The Bertz CT molecular complexity index is 673. The van der Waals surface area contributed by atoms with Crippen LogP contribution in [0.3, 0.4) is 0 Å². The monoisotopic (exact) mass is 389 g/mol. The van der Waals surface area contributed by atoms with Crippen LogP contribution in [0.15, 0.2) is 29.2 Å². The molecule has 1 heterocycles. The van der Waals surface area contributed by atoms with E-state index in [0.29, 0.717) is 23.9 Å². The summed E-state index contributed by atoms with van der Waals surface area (Å²) in [6.45, 7) is 4.14. The number of anilines is 1. The van der Waals surface area contributed by atoms with Crippen molar-refractivity contribution in [3.63, 3.8) is 0 Å². The largest absolute Gasteiger partial charge is 0.326 e. The zero-order valence-electron chi connectivity index (χ0n) is 15.0. The fraction of sp³-hybridized carbons (Fsp3) is 0.588. The van der Waals surface area contributed by atoms with E-state index in [9.17, 15) is 13.2 Å². The van der Waals surface area contributed by atoms with Gasteiger partial charge in [-0.15, -0.1) is 12.4 Å². The molecule has 1 unspecified atom stereocenters. The van der Waals surface area contributed by atoms with E-state index in [-0.39, 0.29) is 23.2 Å². The maximum absolute atomic E-state index is 12.3. The average molecular weight is 390 g/mol. The van der Waals surface area contributed by atoms with E-state index in [1.54, 1.807) is 12.1 Å². The van der Waals surface area contributed by atoms with Crippen LogP contribution in [0.2, 0.25) is 0 Å². The first-order chi connectivity index (χ1) is 11.3. The lowest BCUT2D eigenvalue weighted by Crippen LogP contribution is -2.32. The van der Waals surface area contributed by atoms with Gasteiger partial charge in [-0.25, -0.2) is 12.7 Å². The van der Waals surface area contributed by atoms with Gasteiger partial charge >= 0.3 is 0 Å². The maximum Gasteiger partial charge on any atom is 0.242 e. The first-order valence-electron chi connectivity index (χ1n) is 8.34. The van der Waals surface area contributed by atoms with Gasteiger partial charge in [-0.2, -0.15) is 0 Å². The summed E-state index contributed by atoms with van der Waals surface area (Å²) >= 11 is 0. The molecule has 0 bridgehead atoms. The number of benzene rings is 1. The standard InChI is InChI=1S/C17H27N3O3S.ClH/c1-13(14-7-9-18-10-8-14)11-17(21)19-15-5-4-6-16(12-15)24(22,23)20(2)3;/h4-6,12-14,18H,7-11H2,1-3H3,(H,19,21);1H. The van der Waals surface area contributed by atoms with Crippen LogP contribution in [0.25, 0.3) is 0 Å². The molecule has 2 N–H and O–H groups in total. The zero-order chi connectivity index (χ0) is 17.7. The Kier molecular flexibility index (Phi) is 8.34. The summed E-state index contributed by atoms with van der Waals surface area (Å²) in [7, 11) is -0.525. The van der Waals surface area contributed by atoms with E-state index in [4.69, 9.17) is 0 Å². The third-order valence-electron chi connectivity index (χ3n) is 4.59. The molecule has 0 aromatic heterocycles. The third-order valence-corrected chi connectivity index (χ3v) is 6.40. The lowest BCUT2D eigenvalue weighted by Gasteiger charge is -2.27. The van der Waals surface area contributed by atoms with Crippen molar-refractivity contribution in [2.45, 2.75) is 31.1 Å². The van der Waals surface area contributed by atoms with Gasteiger partial charge in [0.15, 0.2) is 0 Å². The number of carbonyl (C=O) groups excluding carboxylic acids is 1. The highest BCUT2D eigenvalue weighted by molar-refractivity contribution is 7.89. The first-order valence-corrected chi connectivity index (χ1v) is 9.78. The molecule has 1 aromatic rings. The van der Waals surface area contributed by atoms with Crippen molar-refractivity contribution in [1.29, 1.82) is 0 Å². The van der Waals surface area contributed by atoms with Crippen molar-refractivity contribution < 1.29 is 13.2 Å². The fourth-order valence-corrected chi connectivity index (χ4v) is 3.98. The number of nitrogens with zero attached hydrogens (tertiary/aromatic N) is 1. The predicted molar refractivity (Wildman–Crippen MR) is 103 cm³/mol. The van der Waals surface area contributed by atoms with Crippen molar-refractivity contribution in [2.75, 3.05) is 32.5 Å². The zero-order valence-corrected chi connectivity index (χ0v) is 16.6. The molecule has 1 amide bonds. The lowest BCUT2D eigenvalue weighted by atomic mass is 9.84. The molecule has 0 radical (unpaired) electrons. The molecule has 1 aliphatic heterocycles. The summed E-state index contributed by atoms with van der Waals surface area (Å²) in [6, 6.07) is 6.38. The van der Waals surface area contributed by atoms with E-state index >= 15 is 0 Å². The van der Waals surface area contributed by atoms with Crippen LogP contribution in [0.5, 0.6) is 0 Å². The van der Waals surface area contributed by atoms with E-state index in [2.05, 4.69) is 17.6 Å². The van der Waals surface area contributed by atoms with E-state index < -0.39 is 10.0 Å². The number of rotatable bonds is 6. The predicted octanol–water partition coefficient (Wildman–Crippen LogP) is 2.32. The molecule has 25 heavy (non-hydrogen) atoms.